The van der Waals surface area contributed by atoms with Crippen LogP contribution in [0.3, 0.4) is 0 Å². The standard InChI is InChI=1S/C14H17F2NO5.ClH/c1-4-21-13(19)14(15,16)12(17)9-5-6-10(22-8(2)18)11(7-9)20-3;/h5-7,12H,4,17H2,1-3H3;1H/t12-;/m0./s1. The van der Waals surface area contributed by atoms with Gasteiger partial charge in [-0.05, 0) is 24.6 Å². The molecule has 0 aliphatic heterocycles. The first kappa shape index (κ1) is 21.1. The van der Waals surface area contributed by atoms with Crippen molar-refractivity contribution >= 4 is 24.3 Å². The molecular weight excluding hydrogens is 336 g/mol. The molecule has 0 saturated carbocycles. The normalized spacial score (nSPS) is 11.9. The molecule has 0 aliphatic carbocycles. The number of hydrogen-bond acceptors (Lipinski definition) is 6. The summed E-state index contributed by atoms with van der Waals surface area (Å²) in [5.74, 6) is -6.09. The number of alkyl halides is 2. The smallest absolute Gasteiger partial charge is 0.379 e. The van der Waals surface area contributed by atoms with Crippen LogP contribution in [-0.4, -0.2) is 31.6 Å². The summed E-state index contributed by atoms with van der Waals surface area (Å²) >= 11 is 0. The predicted octanol–water partition coefficient (Wildman–Crippen LogP) is 2.24. The largest absolute Gasteiger partial charge is 0.493 e. The summed E-state index contributed by atoms with van der Waals surface area (Å²) in [4.78, 5) is 22.2. The van der Waals surface area contributed by atoms with Crippen LogP contribution in [0.2, 0.25) is 0 Å². The van der Waals surface area contributed by atoms with Crippen molar-refractivity contribution in [2.75, 3.05) is 13.7 Å². The molecule has 0 fully saturated rings. The van der Waals surface area contributed by atoms with Gasteiger partial charge in [0.25, 0.3) is 0 Å². The Balaban J connectivity index is 0.00000484. The first-order valence-electron chi connectivity index (χ1n) is 6.41. The minimum atomic E-state index is -3.90. The zero-order valence-electron chi connectivity index (χ0n) is 12.8. The fraction of sp³-hybridized carbons (Fsp3) is 0.429. The molecule has 0 aromatic heterocycles. The maximum atomic E-state index is 13.9. The van der Waals surface area contributed by atoms with Gasteiger partial charge in [-0.3, -0.25) is 4.79 Å². The SMILES string of the molecule is CCOC(=O)C(F)(F)[C@@H](N)c1ccc(OC(C)=O)c(OC)c1.Cl. The summed E-state index contributed by atoms with van der Waals surface area (Å²) < 4.78 is 41.9. The van der Waals surface area contributed by atoms with Crippen LogP contribution >= 0.6 is 12.4 Å². The number of halogens is 3. The van der Waals surface area contributed by atoms with E-state index < -0.39 is 23.9 Å². The van der Waals surface area contributed by atoms with Crippen molar-refractivity contribution < 1.29 is 32.6 Å². The van der Waals surface area contributed by atoms with Gasteiger partial charge in [0.2, 0.25) is 0 Å². The minimum Gasteiger partial charge on any atom is -0.493 e. The molecule has 0 radical (unpaired) electrons. The Hall–Kier alpha value is -1.93. The van der Waals surface area contributed by atoms with E-state index in [0.717, 1.165) is 0 Å². The summed E-state index contributed by atoms with van der Waals surface area (Å²) in [5.41, 5.74) is 5.40. The van der Waals surface area contributed by atoms with Crippen LogP contribution in [0.5, 0.6) is 11.5 Å². The monoisotopic (exact) mass is 353 g/mol. The average Bonchev–Trinajstić information content (AvgIpc) is 2.46. The van der Waals surface area contributed by atoms with Gasteiger partial charge in [-0.25, -0.2) is 4.79 Å². The van der Waals surface area contributed by atoms with Crippen molar-refractivity contribution in [2.45, 2.75) is 25.8 Å². The molecule has 0 saturated heterocycles. The highest BCUT2D eigenvalue weighted by atomic mass is 35.5. The Morgan fingerprint density at radius 2 is 1.91 bits per heavy atom. The summed E-state index contributed by atoms with van der Waals surface area (Å²) in [7, 11) is 1.28. The number of rotatable bonds is 6. The highest BCUT2D eigenvalue weighted by Crippen LogP contribution is 2.35. The Morgan fingerprint density at radius 3 is 2.39 bits per heavy atom. The van der Waals surface area contributed by atoms with E-state index in [9.17, 15) is 18.4 Å². The van der Waals surface area contributed by atoms with Gasteiger partial charge in [-0.1, -0.05) is 6.07 Å². The molecule has 23 heavy (non-hydrogen) atoms. The zero-order chi connectivity index (χ0) is 16.9. The van der Waals surface area contributed by atoms with Gasteiger partial charge in [0.15, 0.2) is 11.5 Å². The van der Waals surface area contributed by atoms with Crippen molar-refractivity contribution in [1.82, 2.24) is 0 Å². The zero-order valence-corrected chi connectivity index (χ0v) is 13.6. The number of methoxy groups -OCH3 is 1. The lowest BCUT2D eigenvalue weighted by atomic mass is 10.0. The van der Waals surface area contributed by atoms with E-state index in [1.807, 2.05) is 0 Å². The van der Waals surface area contributed by atoms with Crippen LogP contribution in [0.15, 0.2) is 18.2 Å². The topological polar surface area (TPSA) is 87.9 Å². The van der Waals surface area contributed by atoms with E-state index in [1.54, 1.807) is 0 Å². The summed E-state index contributed by atoms with van der Waals surface area (Å²) in [5, 5.41) is 0. The number of hydrogen-bond donors (Lipinski definition) is 1. The molecular formula is C14H18ClF2NO5. The van der Waals surface area contributed by atoms with Crippen molar-refractivity contribution in [3.05, 3.63) is 23.8 Å². The average molecular weight is 354 g/mol. The van der Waals surface area contributed by atoms with Crippen LogP contribution in [-0.2, 0) is 14.3 Å². The third kappa shape index (κ3) is 5.04. The fourth-order valence-corrected chi connectivity index (χ4v) is 1.68. The number of ether oxygens (including phenoxy) is 3. The Labute approximate surface area is 138 Å². The number of nitrogens with two attached hydrogens (primary N) is 1. The number of benzene rings is 1. The molecule has 1 atom stereocenters. The van der Waals surface area contributed by atoms with E-state index in [1.165, 1.54) is 39.2 Å². The minimum absolute atomic E-state index is 0. The molecule has 1 rings (SSSR count). The van der Waals surface area contributed by atoms with Crippen molar-refractivity contribution in [1.29, 1.82) is 0 Å². The Morgan fingerprint density at radius 1 is 1.30 bits per heavy atom. The molecule has 9 heteroatoms. The van der Waals surface area contributed by atoms with Gasteiger partial charge in [-0.15, -0.1) is 12.4 Å². The summed E-state index contributed by atoms with van der Waals surface area (Å²) in [6, 6.07) is 1.73. The second-order valence-electron chi connectivity index (χ2n) is 4.33. The van der Waals surface area contributed by atoms with E-state index in [2.05, 4.69) is 4.74 Å². The third-order valence-electron chi connectivity index (χ3n) is 2.74. The van der Waals surface area contributed by atoms with Crippen molar-refractivity contribution in [3.63, 3.8) is 0 Å². The number of carbonyl (C=O) groups is 2. The highest BCUT2D eigenvalue weighted by Gasteiger charge is 2.48. The molecule has 0 spiro atoms. The summed E-state index contributed by atoms with van der Waals surface area (Å²) in [6.07, 6.45) is 0. The van der Waals surface area contributed by atoms with Crippen LogP contribution in [0, 0.1) is 0 Å². The second-order valence-corrected chi connectivity index (χ2v) is 4.33. The number of carbonyl (C=O) groups excluding carboxylic acids is 2. The highest BCUT2D eigenvalue weighted by molar-refractivity contribution is 5.85. The predicted molar refractivity (Wildman–Crippen MR) is 80.1 cm³/mol. The van der Waals surface area contributed by atoms with Gasteiger partial charge in [0.05, 0.1) is 13.7 Å². The first-order chi connectivity index (χ1) is 10.2. The molecule has 130 valence electrons. The van der Waals surface area contributed by atoms with E-state index in [-0.39, 0.29) is 36.1 Å². The number of esters is 2. The van der Waals surface area contributed by atoms with Crippen molar-refractivity contribution in [2.24, 2.45) is 5.73 Å². The lowest BCUT2D eigenvalue weighted by Gasteiger charge is -2.22. The maximum Gasteiger partial charge on any atom is 0.379 e. The molecule has 0 unspecified atom stereocenters. The molecule has 0 bridgehead atoms. The Bertz CT molecular complexity index is 568. The maximum absolute atomic E-state index is 13.9. The lowest BCUT2D eigenvalue weighted by Crippen LogP contribution is -2.41. The molecule has 1 aromatic rings. The Kier molecular flexibility index (Phi) is 7.91. The van der Waals surface area contributed by atoms with Crippen LogP contribution in [0.1, 0.15) is 25.5 Å². The van der Waals surface area contributed by atoms with Crippen LogP contribution in [0.4, 0.5) is 8.78 Å². The molecule has 1 aromatic carbocycles. The molecule has 0 aliphatic rings. The van der Waals surface area contributed by atoms with Gasteiger partial charge in [-0.2, -0.15) is 8.78 Å². The summed E-state index contributed by atoms with van der Waals surface area (Å²) in [6.45, 7) is 2.42. The molecule has 0 amide bonds. The van der Waals surface area contributed by atoms with Gasteiger partial charge < -0.3 is 19.9 Å². The van der Waals surface area contributed by atoms with E-state index in [0.29, 0.717) is 0 Å². The molecule has 6 nitrogen and oxygen atoms in total. The van der Waals surface area contributed by atoms with Crippen LogP contribution in [0.25, 0.3) is 0 Å². The van der Waals surface area contributed by atoms with Gasteiger partial charge >= 0.3 is 17.9 Å². The second kappa shape index (κ2) is 8.64. The first-order valence-corrected chi connectivity index (χ1v) is 6.41. The van der Waals surface area contributed by atoms with E-state index >= 15 is 0 Å². The third-order valence-corrected chi connectivity index (χ3v) is 2.74. The molecule has 2 N–H and O–H groups in total. The van der Waals surface area contributed by atoms with Crippen molar-refractivity contribution in [3.8, 4) is 11.5 Å². The fourth-order valence-electron chi connectivity index (χ4n) is 1.68. The molecule has 0 heterocycles. The van der Waals surface area contributed by atoms with Gasteiger partial charge in [0.1, 0.15) is 6.04 Å². The van der Waals surface area contributed by atoms with E-state index in [4.69, 9.17) is 15.2 Å². The van der Waals surface area contributed by atoms with Crippen LogP contribution < -0.4 is 15.2 Å². The van der Waals surface area contributed by atoms with Gasteiger partial charge in [0, 0.05) is 6.92 Å². The lowest BCUT2D eigenvalue weighted by molar-refractivity contribution is -0.174. The quantitative estimate of drug-likeness (QED) is 0.623.